The lowest BCUT2D eigenvalue weighted by atomic mass is 10.1. The van der Waals surface area contributed by atoms with Crippen molar-refractivity contribution in [2.45, 2.75) is 130 Å². The molecule has 0 saturated carbocycles. The number of unbranched alkanes of at least 4 members (excludes halogenated alkanes) is 11. The first-order valence-corrected chi connectivity index (χ1v) is 11.4. The van der Waals surface area contributed by atoms with E-state index >= 15 is 0 Å². The Morgan fingerprint density at radius 3 is 1.76 bits per heavy atom. The van der Waals surface area contributed by atoms with E-state index in [-0.39, 0.29) is 0 Å². The number of aryl methyl sites for hydroxylation is 2. The fraction of sp³-hybridized carbons (Fsp3) is 0.870. The van der Waals surface area contributed by atoms with E-state index in [4.69, 9.17) is 0 Å². The van der Waals surface area contributed by atoms with Crippen molar-refractivity contribution in [1.82, 2.24) is 4.57 Å². The molecule has 0 atom stereocenters. The number of hydrogen-bond acceptors (Lipinski definition) is 0. The predicted octanol–water partition coefficient (Wildman–Crippen LogP) is 6.84. The lowest BCUT2D eigenvalue weighted by Crippen LogP contribution is -2.37. The first-order valence-electron chi connectivity index (χ1n) is 11.4. The number of hydrogen-bond donors (Lipinski definition) is 0. The number of aromatic nitrogens is 2. The predicted molar refractivity (Wildman–Crippen MR) is 110 cm³/mol. The van der Waals surface area contributed by atoms with Crippen LogP contribution in [0.4, 0.5) is 0 Å². The molecule has 0 N–H and O–H groups in total. The molecule has 2 heteroatoms. The second-order valence-electron chi connectivity index (χ2n) is 7.74. The molecular formula is C23H45N2+. The summed E-state index contributed by atoms with van der Waals surface area (Å²) in [6.45, 7) is 9.23. The van der Waals surface area contributed by atoms with Gasteiger partial charge in [0.15, 0.2) is 0 Å². The van der Waals surface area contributed by atoms with Crippen molar-refractivity contribution >= 4 is 0 Å². The molecule has 0 spiro atoms. The summed E-state index contributed by atoms with van der Waals surface area (Å²) >= 11 is 0. The smallest absolute Gasteiger partial charge is 0.234 e. The second kappa shape index (κ2) is 15.5. The fourth-order valence-electron chi connectivity index (χ4n) is 3.78. The highest BCUT2D eigenvalue weighted by Crippen LogP contribution is 2.12. The van der Waals surface area contributed by atoms with Crippen LogP contribution in [0.25, 0.3) is 0 Å². The van der Waals surface area contributed by atoms with Gasteiger partial charge in [0.25, 0.3) is 5.82 Å². The largest absolute Gasteiger partial charge is 0.256 e. The molecule has 146 valence electrons. The second-order valence-corrected chi connectivity index (χ2v) is 7.74. The van der Waals surface area contributed by atoms with E-state index in [1.807, 2.05) is 0 Å². The van der Waals surface area contributed by atoms with Gasteiger partial charge in [-0.1, -0.05) is 85.0 Å². The zero-order valence-corrected chi connectivity index (χ0v) is 17.6. The summed E-state index contributed by atoms with van der Waals surface area (Å²) in [4.78, 5) is 0. The molecule has 0 fully saturated rings. The zero-order chi connectivity index (χ0) is 18.2. The van der Waals surface area contributed by atoms with Crippen LogP contribution in [0.15, 0.2) is 12.4 Å². The summed E-state index contributed by atoms with van der Waals surface area (Å²) in [5.41, 5.74) is 0. The summed E-state index contributed by atoms with van der Waals surface area (Å²) < 4.78 is 4.97. The molecule has 0 radical (unpaired) electrons. The lowest BCUT2D eigenvalue weighted by Gasteiger charge is -2.05. The number of rotatable bonds is 17. The van der Waals surface area contributed by atoms with Gasteiger partial charge in [-0.15, -0.1) is 0 Å². The van der Waals surface area contributed by atoms with Crippen LogP contribution < -0.4 is 4.57 Å². The van der Waals surface area contributed by atoms with Gasteiger partial charge in [0, 0.05) is 6.42 Å². The molecule has 2 nitrogen and oxygen atoms in total. The maximum atomic E-state index is 2.51. The average Bonchev–Trinajstić information content (AvgIpc) is 2.98. The van der Waals surface area contributed by atoms with Gasteiger partial charge in [-0.05, 0) is 25.7 Å². The molecule has 0 aliphatic rings. The van der Waals surface area contributed by atoms with Gasteiger partial charge in [-0.3, -0.25) is 0 Å². The highest BCUT2D eigenvalue weighted by Gasteiger charge is 2.14. The van der Waals surface area contributed by atoms with E-state index in [2.05, 4.69) is 42.3 Å². The third-order valence-corrected chi connectivity index (χ3v) is 5.28. The van der Waals surface area contributed by atoms with Crippen molar-refractivity contribution in [3.05, 3.63) is 18.2 Å². The topological polar surface area (TPSA) is 8.81 Å². The van der Waals surface area contributed by atoms with Gasteiger partial charge in [0.1, 0.15) is 12.4 Å². The quantitative estimate of drug-likeness (QED) is 0.215. The highest BCUT2D eigenvalue weighted by molar-refractivity contribution is 4.84. The Labute approximate surface area is 158 Å². The highest BCUT2D eigenvalue weighted by atomic mass is 15.1. The lowest BCUT2D eigenvalue weighted by molar-refractivity contribution is -0.703. The Balaban J connectivity index is 2.04. The van der Waals surface area contributed by atoms with Crippen LogP contribution >= 0.6 is 0 Å². The van der Waals surface area contributed by atoms with E-state index in [1.54, 1.807) is 0 Å². The third-order valence-electron chi connectivity index (χ3n) is 5.28. The monoisotopic (exact) mass is 349 g/mol. The molecule has 0 aliphatic carbocycles. The summed E-state index contributed by atoms with van der Waals surface area (Å²) in [6, 6.07) is 0. The summed E-state index contributed by atoms with van der Waals surface area (Å²) in [5, 5.41) is 0. The van der Waals surface area contributed by atoms with E-state index in [0.29, 0.717) is 0 Å². The SMILES string of the molecule is CCCCCCCCCCCCCCn1cc[n+](CCC)c1CCC. The van der Waals surface area contributed by atoms with Crippen LogP contribution in [0, 0.1) is 0 Å². The first kappa shape index (κ1) is 22.3. The summed E-state index contributed by atoms with van der Waals surface area (Å²) in [5.74, 6) is 1.53. The Bertz CT molecular complexity index is 408. The van der Waals surface area contributed by atoms with Crippen LogP contribution in [0.1, 0.15) is 116 Å². The summed E-state index contributed by atoms with van der Waals surface area (Å²) in [6.07, 6.45) is 25.4. The Kier molecular flexibility index (Phi) is 13.8. The molecule has 0 aliphatic heterocycles. The minimum absolute atomic E-state index is 1.17. The van der Waals surface area contributed by atoms with Crippen LogP contribution in [-0.4, -0.2) is 4.57 Å². The maximum Gasteiger partial charge on any atom is 0.256 e. The molecule has 1 aromatic rings. The third kappa shape index (κ3) is 10.1. The van der Waals surface area contributed by atoms with Gasteiger partial charge in [0.2, 0.25) is 0 Å². The van der Waals surface area contributed by atoms with E-state index < -0.39 is 0 Å². The Morgan fingerprint density at radius 2 is 1.24 bits per heavy atom. The number of imidazole rings is 1. The molecule has 0 aromatic carbocycles. The van der Waals surface area contributed by atoms with Crippen LogP contribution in [-0.2, 0) is 19.5 Å². The molecule has 0 unspecified atom stereocenters. The van der Waals surface area contributed by atoms with Crippen molar-refractivity contribution in [1.29, 1.82) is 0 Å². The fourth-order valence-corrected chi connectivity index (χ4v) is 3.78. The average molecular weight is 350 g/mol. The zero-order valence-electron chi connectivity index (χ0n) is 17.6. The molecular weight excluding hydrogens is 304 g/mol. The Morgan fingerprint density at radius 1 is 0.680 bits per heavy atom. The van der Waals surface area contributed by atoms with Crippen molar-refractivity contribution in [2.75, 3.05) is 0 Å². The molecule has 0 amide bonds. The number of nitrogens with zero attached hydrogens (tertiary/aromatic N) is 2. The minimum Gasteiger partial charge on any atom is -0.234 e. The molecule has 0 saturated heterocycles. The standard InChI is InChI=1S/C23H45N2/c1-4-7-8-9-10-11-12-13-14-15-16-17-20-25-22-21-24(19-6-3)23(25)18-5-2/h21-22H,4-20H2,1-3H3/q+1. The normalized spacial score (nSPS) is 11.3. The van der Waals surface area contributed by atoms with E-state index in [0.717, 1.165) is 0 Å². The molecule has 1 aromatic heterocycles. The molecule has 1 rings (SSSR count). The van der Waals surface area contributed by atoms with Crippen molar-refractivity contribution in [2.24, 2.45) is 0 Å². The first-order chi connectivity index (χ1) is 12.3. The van der Waals surface area contributed by atoms with Gasteiger partial charge in [0.05, 0.1) is 13.1 Å². The van der Waals surface area contributed by atoms with Crippen LogP contribution in [0.3, 0.4) is 0 Å². The van der Waals surface area contributed by atoms with Gasteiger partial charge < -0.3 is 0 Å². The molecule has 0 bridgehead atoms. The van der Waals surface area contributed by atoms with Gasteiger partial charge >= 0.3 is 0 Å². The van der Waals surface area contributed by atoms with Crippen LogP contribution in [0.5, 0.6) is 0 Å². The van der Waals surface area contributed by atoms with Gasteiger partial charge in [-0.25, -0.2) is 9.13 Å². The Hall–Kier alpha value is -0.790. The van der Waals surface area contributed by atoms with E-state index in [1.165, 1.54) is 115 Å². The summed E-state index contributed by atoms with van der Waals surface area (Å²) in [7, 11) is 0. The maximum absolute atomic E-state index is 2.51. The van der Waals surface area contributed by atoms with Crippen molar-refractivity contribution < 1.29 is 4.57 Å². The van der Waals surface area contributed by atoms with Crippen molar-refractivity contribution in [3.63, 3.8) is 0 Å². The van der Waals surface area contributed by atoms with Crippen molar-refractivity contribution in [3.8, 4) is 0 Å². The molecule has 1 heterocycles. The van der Waals surface area contributed by atoms with Gasteiger partial charge in [-0.2, -0.15) is 0 Å². The van der Waals surface area contributed by atoms with Crippen LogP contribution in [0.2, 0.25) is 0 Å². The van der Waals surface area contributed by atoms with E-state index in [9.17, 15) is 0 Å². The molecule has 25 heavy (non-hydrogen) atoms. The minimum atomic E-state index is 1.17.